The van der Waals surface area contributed by atoms with E-state index in [0.29, 0.717) is 0 Å². The summed E-state index contributed by atoms with van der Waals surface area (Å²) in [7, 11) is 0. The summed E-state index contributed by atoms with van der Waals surface area (Å²) in [4.78, 5) is 2.53. The number of nitrogens with zero attached hydrogens (tertiary/aromatic N) is 1. The van der Waals surface area contributed by atoms with E-state index in [1.807, 2.05) is 0 Å². The minimum absolute atomic E-state index is 0.337. The fraction of sp³-hybridized carbons (Fsp3) is 0.700. The first kappa shape index (κ1) is 19.2. The van der Waals surface area contributed by atoms with Crippen LogP contribution in [0.3, 0.4) is 0 Å². The Kier molecular flexibility index (Phi) is 9.42. The van der Waals surface area contributed by atoms with E-state index in [1.54, 1.807) is 0 Å². The van der Waals surface area contributed by atoms with E-state index in [-0.39, 0.29) is 6.10 Å². The molecule has 1 aromatic carbocycles. The molecule has 1 aromatic rings. The van der Waals surface area contributed by atoms with Crippen molar-refractivity contribution < 1.29 is 5.11 Å². The van der Waals surface area contributed by atoms with Crippen molar-refractivity contribution in [2.24, 2.45) is 0 Å². The van der Waals surface area contributed by atoms with E-state index >= 15 is 0 Å². The highest BCUT2D eigenvalue weighted by atomic mass is 16.3. The highest BCUT2D eigenvalue weighted by Gasteiger charge is 2.13. The second kappa shape index (κ2) is 10.8. The molecule has 1 atom stereocenters. The van der Waals surface area contributed by atoms with Gasteiger partial charge in [0.25, 0.3) is 0 Å². The maximum Gasteiger partial charge on any atom is 0.0804 e. The zero-order valence-corrected chi connectivity index (χ0v) is 15.1. The van der Waals surface area contributed by atoms with Gasteiger partial charge in [0.05, 0.1) is 6.10 Å². The summed E-state index contributed by atoms with van der Waals surface area (Å²) in [5, 5.41) is 10.5. The lowest BCUT2D eigenvalue weighted by atomic mass is 9.99. The lowest BCUT2D eigenvalue weighted by Crippen LogP contribution is -2.28. The molecular weight excluding hydrogens is 270 g/mol. The van der Waals surface area contributed by atoms with Crippen LogP contribution < -0.4 is 0 Å². The van der Waals surface area contributed by atoms with E-state index in [9.17, 15) is 5.11 Å². The van der Waals surface area contributed by atoms with Gasteiger partial charge in [-0.15, -0.1) is 0 Å². The molecular formula is C20H35NO. The zero-order valence-electron chi connectivity index (χ0n) is 15.1. The predicted octanol–water partition coefficient (Wildman–Crippen LogP) is 5.02. The lowest BCUT2D eigenvalue weighted by molar-refractivity contribution is 0.140. The maximum atomic E-state index is 10.5. The minimum atomic E-state index is -0.337. The Labute approximate surface area is 137 Å². The van der Waals surface area contributed by atoms with Gasteiger partial charge in [-0.25, -0.2) is 0 Å². The van der Waals surface area contributed by atoms with Gasteiger partial charge in [0, 0.05) is 6.54 Å². The Morgan fingerprint density at radius 2 is 1.64 bits per heavy atom. The number of benzene rings is 1. The molecule has 0 saturated heterocycles. The van der Waals surface area contributed by atoms with Crippen LogP contribution in [0.25, 0.3) is 0 Å². The first-order valence-corrected chi connectivity index (χ1v) is 9.06. The van der Waals surface area contributed by atoms with E-state index < -0.39 is 0 Å². The summed E-state index contributed by atoms with van der Waals surface area (Å²) in [5.74, 6) is 0. The van der Waals surface area contributed by atoms with Crippen LogP contribution >= 0.6 is 0 Å². The Bertz CT molecular complexity index is 416. The molecule has 2 heteroatoms. The number of hydrogen-bond donors (Lipinski definition) is 1. The summed E-state index contributed by atoms with van der Waals surface area (Å²) in [6, 6.07) is 6.35. The van der Waals surface area contributed by atoms with Crippen LogP contribution in [0, 0.1) is 13.8 Å². The van der Waals surface area contributed by atoms with Crippen LogP contribution in [0.5, 0.6) is 0 Å². The van der Waals surface area contributed by atoms with Gasteiger partial charge < -0.3 is 10.0 Å². The Balaban J connectivity index is 2.50. The number of aliphatic hydroxyl groups is 1. The molecule has 0 heterocycles. The fourth-order valence-electron chi connectivity index (χ4n) is 2.96. The van der Waals surface area contributed by atoms with Crippen LogP contribution in [-0.2, 0) is 0 Å². The summed E-state index contributed by atoms with van der Waals surface area (Å²) in [5.41, 5.74) is 3.56. The average molecular weight is 306 g/mol. The fourth-order valence-corrected chi connectivity index (χ4v) is 2.96. The molecule has 0 aliphatic carbocycles. The van der Waals surface area contributed by atoms with E-state index in [4.69, 9.17) is 0 Å². The van der Waals surface area contributed by atoms with Crippen molar-refractivity contribution >= 4 is 0 Å². The van der Waals surface area contributed by atoms with Gasteiger partial charge in [-0.05, 0) is 57.3 Å². The maximum absolute atomic E-state index is 10.5. The summed E-state index contributed by atoms with van der Waals surface area (Å²) >= 11 is 0. The third-order valence-electron chi connectivity index (χ3n) is 4.41. The summed E-state index contributed by atoms with van der Waals surface area (Å²) in [6.45, 7) is 12.0. The molecule has 1 unspecified atom stereocenters. The average Bonchev–Trinajstić information content (AvgIpc) is 2.49. The Morgan fingerprint density at radius 3 is 2.27 bits per heavy atom. The number of aliphatic hydroxyl groups excluding tert-OH is 1. The molecule has 126 valence electrons. The lowest BCUT2D eigenvalue weighted by Gasteiger charge is -2.24. The molecule has 0 radical (unpaired) electrons. The van der Waals surface area contributed by atoms with E-state index in [0.717, 1.165) is 18.5 Å². The van der Waals surface area contributed by atoms with Crippen LogP contribution in [-0.4, -0.2) is 29.6 Å². The van der Waals surface area contributed by atoms with Gasteiger partial charge in [0.15, 0.2) is 0 Å². The minimum Gasteiger partial charge on any atom is -0.388 e. The van der Waals surface area contributed by atoms with Crippen molar-refractivity contribution in [3.05, 3.63) is 34.9 Å². The molecule has 0 fully saturated rings. The van der Waals surface area contributed by atoms with Crippen LogP contribution in [0.1, 0.15) is 75.2 Å². The number of unbranched alkanes of at least 4 members (excludes halogenated alkanes) is 3. The summed E-state index contributed by atoms with van der Waals surface area (Å²) in [6.07, 6.45) is 6.85. The zero-order chi connectivity index (χ0) is 16.4. The van der Waals surface area contributed by atoms with Crippen molar-refractivity contribution in [3.8, 4) is 0 Å². The van der Waals surface area contributed by atoms with E-state index in [2.05, 4.69) is 50.8 Å². The monoisotopic (exact) mass is 305 g/mol. The van der Waals surface area contributed by atoms with E-state index in [1.165, 1.54) is 56.3 Å². The van der Waals surface area contributed by atoms with Crippen molar-refractivity contribution in [2.75, 3.05) is 19.6 Å². The second-order valence-electron chi connectivity index (χ2n) is 6.57. The quantitative estimate of drug-likeness (QED) is 0.580. The van der Waals surface area contributed by atoms with Gasteiger partial charge >= 0.3 is 0 Å². The Morgan fingerprint density at radius 1 is 0.955 bits per heavy atom. The van der Waals surface area contributed by atoms with Gasteiger partial charge in [0.1, 0.15) is 0 Å². The highest BCUT2D eigenvalue weighted by molar-refractivity contribution is 5.31. The van der Waals surface area contributed by atoms with Crippen molar-refractivity contribution in [2.45, 2.75) is 72.3 Å². The molecule has 22 heavy (non-hydrogen) atoms. The SMILES string of the molecule is CCCCCN(CCCC)CCC(O)c1ccc(C)cc1C. The molecule has 1 rings (SSSR count). The molecule has 0 spiro atoms. The molecule has 0 aliphatic rings. The standard InChI is InChI=1S/C20H35NO/c1-5-7-9-14-21(13-8-6-2)15-12-20(22)19-11-10-17(3)16-18(19)4/h10-11,16,20,22H,5-9,12-15H2,1-4H3. The highest BCUT2D eigenvalue weighted by Crippen LogP contribution is 2.22. The number of rotatable bonds is 11. The molecule has 0 amide bonds. The van der Waals surface area contributed by atoms with Crippen molar-refractivity contribution in [1.29, 1.82) is 0 Å². The Hall–Kier alpha value is -0.860. The van der Waals surface area contributed by atoms with Gasteiger partial charge in [-0.2, -0.15) is 0 Å². The molecule has 0 saturated carbocycles. The molecule has 1 N–H and O–H groups in total. The smallest absolute Gasteiger partial charge is 0.0804 e. The molecule has 0 bridgehead atoms. The van der Waals surface area contributed by atoms with Crippen LogP contribution in [0.2, 0.25) is 0 Å². The third-order valence-corrected chi connectivity index (χ3v) is 4.41. The normalized spacial score (nSPS) is 12.8. The number of hydrogen-bond acceptors (Lipinski definition) is 2. The third kappa shape index (κ3) is 6.93. The molecule has 0 aromatic heterocycles. The van der Waals surface area contributed by atoms with Gasteiger partial charge in [-0.3, -0.25) is 0 Å². The number of aryl methyl sites for hydroxylation is 2. The molecule has 0 aliphatic heterocycles. The summed E-state index contributed by atoms with van der Waals surface area (Å²) < 4.78 is 0. The van der Waals surface area contributed by atoms with Crippen LogP contribution in [0.4, 0.5) is 0 Å². The van der Waals surface area contributed by atoms with Gasteiger partial charge in [0.2, 0.25) is 0 Å². The van der Waals surface area contributed by atoms with Gasteiger partial charge in [-0.1, -0.05) is 56.9 Å². The van der Waals surface area contributed by atoms with Crippen LogP contribution in [0.15, 0.2) is 18.2 Å². The largest absolute Gasteiger partial charge is 0.388 e. The predicted molar refractivity (Wildman–Crippen MR) is 96.4 cm³/mol. The van der Waals surface area contributed by atoms with Crippen molar-refractivity contribution in [1.82, 2.24) is 4.90 Å². The van der Waals surface area contributed by atoms with Crippen molar-refractivity contribution in [3.63, 3.8) is 0 Å². The first-order valence-electron chi connectivity index (χ1n) is 9.06. The molecule has 2 nitrogen and oxygen atoms in total. The first-order chi connectivity index (χ1) is 10.6. The second-order valence-corrected chi connectivity index (χ2v) is 6.57. The topological polar surface area (TPSA) is 23.5 Å².